The number of hydrogen-bond donors (Lipinski definition) is 1. The molecule has 0 aliphatic rings. The number of furan rings is 1. The van der Waals surface area contributed by atoms with E-state index in [1.54, 1.807) is 39.1 Å². The normalized spacial score (nSPS) is 10.9. The summed E-state index contributed by atoms with van der Waals surface area (Å²) >= 11 is 0. The molecule has 0 spiro atoms. The van der Waals surface area contributed by atoms with Crippen LogP contribution in [0, 0.1) is 19.7 Å². The topological polar surface area (TPSA) is 92.6 Å². The van der Waals surface area contributed by atoms with Crippen LogP contribution in [0.25, 0.3) is 10.9 Å². The van der Waals surface area contributed by atoms with Gasteiger partial charge in [0, 0.05) is 18.5 Å². The number of benzene rings is 1. The molecule has 0 aliphatic heterocycles. The lowest BCUT2D eigenvalue weighted by molar-refractivity contribution is -0.134. The smallest absolute Gasteiger partial charge is 0.339 e. The highest BCUT2D eigenvalue weighted by molar-refractivity contribution is 6.04. The van der Waals surface area contributed by atoms with Gasteiger partial charge >= 0.3 is 5.97 Å². The molecule has 1 aromatic carbocycles. The number of amides is 1. The van der Waals surface area contributed by atoms with Gasteiger partial charge in [-0.15, -0.1) is 0 Å². The Morgan fingerprint density at radius 1 is 1.21 bits per heavy atom. The first kappa shape index (κ1) is 19.3. The molecule has 0 saturated heterocycles. The summed E-state index contributed by atoms with van der Waals surface area (Å²) in [6.07, 6.45) is 0. The van der Waals surface area contributed by atoms with E-state index in [1.807, 2.05) is 0 Å². The van der Waals surface area contributed by atoms with Crippen molar-refractivity contribution in [2.24, 2.45) is 0 Å². The Morgan fingerprint density at radius 3 is 2.64 bits per heavy atom. The predicted octanol–water partition coefficient (Wildman–Crippen LogP) is 2.69. The van der Waals surface area contributed by atoms with Crippen LogP contribution >= 0.6 is 0 Å². The molecule has 2 aromatic heterocycles. The van der Waals surface area contributed by atoms with Crippen LogP contribution in [-0.2, 0) is 16.1 Å². The molecular weight excluding hydrogens is 367 g/mol. The molecule has 1 N–H and O–H groups in total. The number of hydrogen-bond acceptors (Lipinski definition) is 5. The quantitative estimate of drug-likeness (QED) is 0.681. The maximum Gasteiger partial charge on any atom is 0.339 e. The molecule has 0 saturated carbocycles. The Hall–Kier alpha value is -3.42. The number of nitrogens with zero attached hydrogens (tertiary/aromatic N) is 1. The standard InChI is InChI=1S/C20H19FN2O5/c1-11-6-14-15(8-17(24)22-19(14)16(21)7-11)20(26)27-10-18(25)23(3)9-13-5-4-12(2)28-13/h4-8H,9-10H2,1-3H3,(H,22,24). The molecule has 146 valence electrons. The molecule has 0 fully saturated rings. The average Bonchev–Trinajstić information content (AvgIpc) is 3.04. The summed E-state index contributed by atoms with van der Waals surface area (Å²) < 4.78 is 24.6. The molecule has 0 radical (unpaired) electrons. The zero-order valence-corrected chi connectivity index (χ0v) is 15.7. The van der Waals surface area contributed by atoms with E-state index in [1.165, 1.54) is 11.0 Å². The van der Waals surface area contributed by atoms with Crippen LogP contribution < -0.4 is 5.56 Å². The van der Waals surface area contributed by atoms with Crippen molar-refractivity contribution in [3.05, 3.63) is 69.2 Å². The fourth-order valence-electron chi connectivity index (χ4n) is 2.83. The number of aryl methyl sites for hydroxylation is 2. The van der Waals surface area contributed by atoms with E-state index in [-0.39, 0.29) is 23.0 Å². The van der Waals surface area contributed by atoms with Gasteiger partial charge < -0.3 is 19.0 Å². The first-order valence-corrected chi connectivity index (χ1v) is 8.54. The van der Waals surface area contributed by atoms with Gasteiger partial charge in [0.15, 0.2) is 6.61 Å². The molecule has 0 aliphatic carbocycles. The third-order valence-corrected chi connectivity index (χ3v) is 4.21. The summed E-state index contributed by atoms with van der Waals surface area (Å²) in [6.45, 7) is 3.17. The van der Waals surface area contributed by atoms with Gasteiger partial charge in [-0.25, -0.2) is 9.18 Å². The maximum atomic E-state index is 14.1. The van der Waals surface area contributed by atoms with Crippen molar-refractivity contribution in [3.8, 4) is 0 Å². The highest BCUT2D eigenvalue weighted by Gasteiger charge is 2.19. The lowest BCUT2D eigenvalue weighted by Gasteiger charge is -2.16. The summed E-state index contributed by atoms with van der Waals surface area (Å²) in [4.78, 5) is 40.1. The van der Waals surface area contributed by atoms with E-state index in [0.717, 1.165) is 11.8 Å². The lowest BCUT2D eigenvalue weighted by Crippen LogP contribution is -2.30. The van der Waals surface area contributed by atoms with Crippen LogP contribution in [0.15, 0.2) is 39.5 Å². The van der Waals surface area contributed by atoms with Gasteiger partial charge in [-0.2, -0.15) is 0 Å². The SMILES string of the molecule is Cc1cc(F)c2[nH]c(=O)cc(C(=O)OCC(=O)N(C)Cc3ccc(C)o3)c2c1. The number of aromatic amines is 1. The van der Waals surface area contributed by atoms with Gasteiger partial charge in [-0.05, 0) is 43.7 Å². The molecule has 3 aromatic rings. The van der Waals surface area contributed by atoms with E-state index < -0.39 is 29.9 Å². The number of esters is 1. The molecule has 1 amide bonds. The number of H-pyrrole nitrogens is 1. The van der Waals surface area contributed by atoms with Crippen molar-refractivity contribution in [2.75, 3.05) is 13.7 Å². The van der Waals surface area contributed by atoms with Crippen LogP contribution in [0.5, 0.6) is 0 Å². The summed E-state index contributed by atoms with van der Waals surface area (Å²) in [5.41, 5.74) is -0.241. The maximum absolute atomic E-state index is 14.1. The van der Waals surface area contributed by atoms with Crippen LogP contribution in [0.4, 0.5) is 4.39 Å². The minimum atomic E-state index is -0.878. The van der Waals surface area contributed by atoms with Crippen LogP contribution in [0.2, 0.25) is 0 Å². The predicted molar refractivity (Wildman–Crippen MR) is 99.5 cm³/mol. The molecule has 0 bridgehead atoms. The number of rotatable bonds is 5. The first-order chi connectivity index (χ1) is 13.2. The number of halogens is 1. The second-order valence-electron chi connectivity index (χ2n) is 6.55. The van der Waals surface area contributed by atoms with Gasteiger partial charge in [-0.1, -0.05) is 0 Å². The van der Waals surface area contributed by atoms with Crippen LogP contribution in [-0.4, -0.2) is 35.4 Å². The fourth-order valence-corrected chi connectivity index (χ4v) is 2.83. The molecule has 2 heterocycles. The summed E-state index contributed by atoms with van der Waals surface area (Å²) in [5.74, 6) is -0.640. The second kappa shape index (κ2) is 7.67. The van der Waals surface area contributed by atoms with E-state index in [9.17, 15) is 18.8 Å². The van der Waals surface area contributed by atoms with Crippen molar-refractivity contribution in [1.82, 2.24) is 9.88 Å². The van der Waals surface area contributed by atoms with Gasteiger partial charge in [0.25, 0.3) is 5.91 Å². The minimum Gasteiger partial charge on any atom is -0.464 e. The van der Waals surface area contributed by atoms with Crippen molar-refractivity contribution < 1.29 is 23.1 Å². The van der Waals surface area contributed by atoms with Gasteiger partial charge in [0.05, 0.1) is 17.6 Å². The third-order valence-electron chi connectivity index (χ3n) is 4.21. The fraction of sp³-hybridized carbons (Fsp3) is 0.250. The lowest BCUT2D eigenvalue weighted by atomic mass is 10.1. The number of likely N-dealkylation sites (N-methyl/N-ethyl adjacent to an activating group) is 1. The summed E-state index contributed by atoms with van der Waals surface area (Å²) in [5, 5.41) is 0.217. The Bertz CT molecular complexity index is 1120. The number of carbonyl (C=O) groups is 2. The van der Waals surface area contributed by atoms with Crippen LogP contribution in [0.3, 0.4) is 0 Å². The van der Waals surface area contributed by atoms with Gasteiger partial charge in [0.1, 0.15) is 17.3 Å². The van der Waals surface area contributed by atoms with E-state index in [0.29, 0.717) is 11.3 Å². The second-order valence-corrected chi connectivity index (χ2v) is 6.55. The number of carbonyl (C=O) groups excluding carboxylic acids is 2. The first-order valence-electron chi connectivity index (χ1n) is 8.54. The zero-order valence-electron chi connectivity index (χ0n) is 15.7. The molecule has 0 atom stereocenters. The summed E-state index contributed by atoms with van der Waals surface area (Å²) in [7, 11) is 1.55. The Labute approximate surface area is 159 Å². The largest absolute Gasteiger partial charge is 0.464 e. The number of aromatic nitrogens is 1. The van der Waals surface area contributed by atoms with Crippen molar-refractivity contribution >= 4 is 22.8 Å². The van der Waals surface area contributed by atoms with Crippen molar-refractivity contribution in [1.29, 1.82) is 0 Å². The number of fused-ring (bicyclic) bond motifs is 1. The van der Waals surface area contributed by atoms with Crippen molar-refractivity contribution in [2.45, 2.75) is 20.4 Å². The molecule has 28 heavy (non-hydrogen) atoms. The molecule has 7 nitrogen and oxygen atoms in total. The third kappa shape index (κ3) is 4.11. The van der Waals surface area contributed by atoms with Gasteiger partial charge in [0.2, 0.25) is 5.56 Å². The summed E-state index contributed by atoms with van der Waals surface area (Å²) in [6, 6.07) is 7.39. The average molecular weight is 386 g/mol. The highest BCUT2D eigenvalue weighted by atomic mass is 19.1. The van der Waals surface area contributed by atoms with E-state index in [4.69, 9.17) is 9.15 Å². The number of pyridine rings is 1. The molecule has 3 rings (SSSR count). The Balaban J connectivity index is 1.74. The Kier molecular flexibility index (Phi) is 5.30. The molecular formula is C20H19FN2O5. The van der Waals surface area contributed by atoms with Crippen molar-refractivity contribution in [3.63, 3.8) is 0 Å². The number of nitrogens with one attached hydrogen (secondary N) is 1. The molecule has 8 heteroatoms. The minimum absolute atomic E-state index is 0.0818. The van der Waals surface area contributed by atoms with E-state index >= 15 is 0 Å². The zero-order chi connectivity index (χ0) is 20.4. The van der Waals surface area contributed by atoms with Crippen LogP contribution in [0.1, 0.15) is 27.4 Å². The monoisotopic (exact) mass is 386 g/mol. The highest BCUT2D eigenvalue weighted by Crippen LogP contribution is 2.21. The Morgan fingerprint density at radius 2 is 1.96 bits per heavy atom. The molecule has 0 unspecified atom stereocenters. The number of ether oxygens (including phenoxy) is 1. The van der Waals surface area contributed by atoms with Gasteiger partial charge in [-0.3, -0.25) is 9.59 Å². The van der Waals surface area contributed by atoms with E-state index in [2.05, 4.69) is 4.98 Å².